The number of amides is 1. The molecule has 4 rings (SSSR count). The van der Waals surface area contributed by atoms with Gasteiger partial charge in [0.1, 0.15) is 5.75 Å². The van der Waals surface area contributed by atoms with Crippen molar-refractivity contribution in [2.45, 2.75) is 44.2 Å². The highest BCUT2D eigenvalue weighted by atomic mass is 35.5. The molecule has 2 fully saturated rings. The molecule has 0 bridgehead atoms. The van der Waals surface area contributed by atoms with Crippen molar-refractivity contribution in [1.82, 2.24) is 14.7 Å². The standard InChI is InChI=1S/C30H32ClF6N3O3/c1-28(2)19-43-12-11-39(28)8-4-3-7-38-9-10-40(24(18-38)13-20-5-6-25(31)26(41)14-20)27(42)21-15-22(29(32,33)34)17-23(16-21)30(35,36)37/h5-6,14-17,24,41H,7-13,18-19H2,1-2H3/t24-/m1/s1. The van der Waals surface area contributed by atoms with Gasteiger partial charge in [0.05, 0.1) is 42.5 Å². The third kappa shape index (κ3) is 8.35. The number of rotatable bonds is 5. The maximum Gasteiger partial charge on any atom is 0.416 e. The normalized spacial score (nSPS) is 20.0. The van der Waals surface area contributed by atoms with Crippen molar-refractivity contribution in [2.24, 2.45) is 0 Å². The van der Waals surface area contributed by atoms with Crippen LogP contribution in [-0.2, 0) is 23.5 Å². The summed E-state index contributed by atoms with van der Waals surface area (Å²) in [7, 11) is 0. The van der Waals surface area contributed by atoms with Crippen molar-refractivity contribution in [2.75, 3.05) is 52.5 Å². The zero-order valence-electron chi connectivity index (χ0n) is 23.7. The van der Waals surface area contributed by atoms with E-state index >= 15 is 0 Å². The van der Waals surface area contributed by atoms with Crippen LogP contribution in [0, 0.1) is 11.8 Å². The second-order valence-corrected chi connectivity index (χ2v) is 11.7. The summed E-state index contributed by atoms with van der Waals surface area (Å²) in [6, 6.07) is 4.80. The fourth-order valence-electron chi connectivity index (χ4n) is 5.21. The third-order valence-electron chi connectivity index (χ3n) is 7.66. The number of phenols is 1. The average Bonchev–Trinajstić information content (AvgIpc) is 2.92. The number of hydrogen-bond acceptors (Lipinski definition) is 5. The van der Waals surface area contributed by atoms with Crippen molar-refractivity contribution in [3.05, 3.63) is 63.7 Å². The lowest BCUT2D eigenvalue weighted by Crippen LogP contribution is -2.56. The molecule has 2 aliphatic heterocycles. The van der Waals surface area contributed by atoms with E-state index in [0.29, 0.717) is 50.5 Å². The number of carbonyl (C=O) groups is 1. The first-order valence-electron chi connectivity index (χ1n) is 13.6. The van der Waals surface area contributed by atoms with E-state index in [2.05, 4.69) is 30.6 Å². The van der Waals surface area contributed by atoms with Gasteiger partial charge in [0.25, 0.3) is 5.91 Å². The van der Waals surface area contributed by atoms with Crippen molar-refractivity contribution < 1.29 is 41.0 Å². The summed E-state index contributed by atoms with van der Waals surface area (Å²) < 4.78 is 86.4. The minimum Gasteiger partial charge on any atom is -0.506 e. The number of phenolic OH excluding ortho intramolecular Hbond substituents is 1. The summed E-state index contributed by atoms with van der Waals surface area (Å²) in [5.74, 6) is 5.19. The largest absolute Gasteiger partial charge is 0.506 e. The summed E-state index contributed by atoms with van der Waals surface area (Å²) in [4.78, 5) is 19.0. The minimum absolute atomic E-state index is 0.000601. The van der Waals surface area contributed by atoms with E-state index in [0.717, 1.165) is 6.54 Å². The van der Waals surface area contributed by atoms with Crippen LogP contribution >= 0.6 is 11.6 Å². The van der Waals surface area contributed by atoms with Crippen molar-refractivity contribution >= 4 is 17.5 Å². The van der Waals surface area contributed by atoms with E-state index in [9.17, 15) is 36.2 Å². The van der Waals surface area contributed by atoms with Crippen LogP contribution < -0.4 is 0 Å². The molecule has 1 amide bonds. The first-order chi connectivity index (χ1) is 20.0. The van der Waals surface area contributed by atoms with Crippen LogP contribution in [0.1, 0.15) is 40.9 Å². The van der Waals surface area contributed by atoms with Gasteiger partial charge in [-0.25, -0.2) is 0 Å². The molecule has 0 radical (unpaired) electrons. The van der Waals surface area contributed by atoms with E-state index < -0.39 is 41.0 Å². The van der Waals surface area contributed by atoms with Crippen LogP contribution in [0.2, 0.25) is 5.02 Å². The molecule has 1 N–H and O–H groups in total. The summed E-state index contributed by atoms with van der Waals surface area (Å²) >= 11 is 5.92. The molecule has 2 aromatic carbocycles. The molecule has 6 nitrogen and oxygen atoms in total. The van der Waals surface area contributed by atoms with Gasteiger partial charge >= 0.3 is 12.4 Å². The Labute approximate surface area is 251 Å². The lowest BCUT2D eigenvalue weighted by atomic mass is 9.99. The predicted octanol–water partition coefficient (Wildman–Crippen LogP) is 5.57. The quantitative estimate of drug-likeness (QED) is 0.346. The number of hydrogen-bond donors (Lipinski definition) is 1. The number of aromatic hydroxyl groups is 1. The van der Waals surface area contributed by atoms with Gasteiger partial charge in [-0.15, -0.1) is 0 Å². The summed E-state index contributed by atoms with van der Waals surface area (Å²) in [5.41, 5.74) is -3.37. The van der Waals surface area contributed by atoms with E-state index in [-0.39, 0.29) is 41.9 Å². The van der Waals surface area contributed by atoms with Crippen molar-refractivity contribution in [1.29, 1.82) is 0 Å². The molecule has 0 aliphatic carbocycles. The van der Waals surface area contributed by atoms with Gasteiger partial charge in [-0.1, -0.05) is 29.5 Å². The van der Waals surface area contributed by atoms with Gasteiger partial charge in [-0.2, -0.15) is 26.3 Å². The molecular formula is C30H32ClF6N3O3. The van der Waals surface area contributed by atoms with E-state index in [1.807, 2.05) is 4.90 Å². The molecule has 0 unspecified atom stereocenters. The van der Waals surface area contributed by atoms with Gasteiger partial charge in [-0.3, -0.25) is 14.6 Å². The van der Waals surface area contributed by atoms with Gasteiger partial charge in [-0.05, 0) is 56.2 Å². The molecule has 2 aliphatic rings. The maximum atomic E-state index is 13.5. The van der Waals surface area contributed by atoms with E-state index in [1.54, 1.807) is 6.07 Å². The Hall–Kier alpha value is -2.98. The third-order valence-corrected chi connectivity index (χ3v) is 7.98. The SMILES string of the molecule is CC1(C)COCCN1CC#CCN1CCN(C(=O)c2cc(C(F)(F)F)cc(C(F)(F)F)c2)[C@H](Cc2ccc(Cl)c(O)c2)C1. The monoisotopic (exact) mass is 631 g/mol. The molecular weight excluding hydrogens is 600 g/mol. The Balaban J connectivity index is 1.56. The highest BCUT2D eigenvalue weighted by Crippen LogP contribution is 2.37. The number of piperazine rings is 1. The Kier molecular flexibility index (Phi) is 9.91. The molecule has 1 atom stereocenters. The Morgan fingerprint density at radius 3 is 2.26 bits per heavy atom. The molecule has 2 aromatic rings. The van der Waals surface area contributed by atoms with Crippen LogP contribution in [0.25, 0.3) is 0 Å². The van der Waals surface area contributed by atoms with Crippen molar-refractivity contribution in [3.8, 4) is 17.6 Å². The second kappa shape index (κ2) is 12.9. The van der Waals surface area contributed by atoms with Gasteiger partial charge in [0.15, 0.2) is 0 Å². The smallest absolute Gasteiger partial charge is 0.416 e. The lowest BCUT2D eigenvalue weighted by Gasteiger charge is -2.41. The molecule has 0 saturated carbocycles. The molecule has 0 aromatic heterocycles. The van der Waals surface area contributed by atoms with Gasteiger partial charge in [0, 0.05) is 43.3 Å². The summed E-state index contributed by atoms with van der Waals surface area (Å²) in [6.45, 7) is 7.66. The highest BCUT2D eigenvalue weighted by Gasteiger charge is 2.39. The van der Waals surface area contributed by atoms with Crippen LogP contribution in [0.5, 0.6) is 5.75 Å². The van der Waals surface area contributed by atoms with E-state index in [4.69, 9.17) is 16.3 Å². The molecule has 13 heteroatoms. The van der Waals surface area contributed by atoms with Crippen molar-refractivity contribution in [3.63, 3.8) is 0 Å². The Bertz CT molecular complexity index is 1350. The Morgan fingerprint density at radius 1 is 1.00 bits per heavy atom. The maximum absolute atomic E-state index is 13.5. The number of benzene rings is 2. The number of morpholine rings is 1. The molecule has 234 valence electrons. The number of ether oxygens (including phenoxy) is 1. The zero-order chi connectivity index (χ0) is 31.6. The minimum atomic E-state index is -5.08. The topological polar surface area (TPSA) is 56.2 Å². The number of halogens is 7. The van der Waals surface area contributed by atoms with Crippen LogP contribution in [0.4, 0.5) is 26.3 Å². The highest BCUT2D eigenvalue weighted by molar-refractivity contribution is 6.32. The zero-order valence-corrected chi connectivity index (χ0v) is 24.4. The summed E-state index contributed by atoms with van der Waals surface area (Å²) in [5, 5.41) is 10.2. The van der Waals surface area contributed by atoms with Crippen LogP contribution in [-0.4, -0.2) is 89.8 Å². The van der Waals surface area contributed by atoms with Crippen LogP contribution in [0.3, 0.4) is 0 Å². The van der Waals surface area contributed by atoms with Gasteiger partial charge in [0.2, 0.25) is 0 Å². The molecule has 2 heterocycles. The fourth-order valence-corrected chi connectivity index (χ4v) is 5.33. The first kappa shape index (κ1) is 32.9. The van der Waals surface area contributed by atoms with Crippen LogP contribution in [0.15, 0.2) is 36.4 Å². The Morgan fingerprint density at radius 2 is 1.65 bits per heavy atom. The number of alkyl halides is 6. The number of nitrogens with zero attached hydrogens (tertiary/aromatic N) is 3. The average molecular weight is 632 g/mol. The van der Waals surface area contributed by atoms with E-state index in [1.165, 1.54) is 17.0 Å². The fraction of sp³-hybridized carbons (Fsp3) is 0.500. The lowest BCUT2D eigenvalue weighted by molar-refractivity contribution is -0.143. The number of carbonyl (C=O) groups excluding carboxylic acids is 1. The molecule has 43 heavy (non-hydrogen) atoms. The second-order valence-electron chi connectivity index (χ2n) is 11.3. The predicted molar refractivity (Wildman–Crippen MR) is 149 cm³/mol. The summed E-state index contributed by atoms with van der Waals surface area (Å²) in [6.07, 6.45) is -9.98. The van der Waals surface area contributed by atoms with Gasteiger partial charge < -0.3 is 14.7 Å². The first-order valence-corrected chi connectivity index (χ1v) is 14.0. The molecule has 2 saturated heterocycles. The molecule has 0 spiro atoms.